The van der Waals surface area contributed by atoms with E-state index in [1.54, 1.807) is 19.1 Å². The standard InChI is InChI=1S/C15H17FN4O2/c1-10-13(14(21)17-7-15(2)8-22-9-15)18-19-20(10)12-5-3-11(16)4-6-12/h3-6H,7-9H2,1-2H3,(H,17,21). The fourth-order valence-corrected chi connectivity index (χ4v) is 2.30. The molecule has 0 atom stereocenters. The Kier molecular flexibility index (Phi) is 3.66. The first kappa shape index (κ1) is 14.6. The normalized spacial score (nSPS) is 16.1. The van der Waals surface area contributed by atoms with Crippen molar-refractivity contribution < 1.29 is 13.9 Å². The van der Waals surface area contributed by atoms with E-state index in [4.69, 9.17) is 4.74 Å². The Balaban J connectivity index is 1.75. The van der Waals surface area contributed by atoms with Gasteiger partial charge in [0, 0.05) is 12.0 Å². The van der Waals surface area contributed by atoms with Gasteiger partial charge in [0.05, 0.1) is 24.6 Å². The van der Waals surface area contributed by atoms with Gasteiger partial charge >= 0.3 is 0 Å². The first-order chi connectivity index (χ1) is 10.5. The molecule has 2 aromatic rings. The molecule has 0 radical (unpaired) electrons. The van der Waals surface area contributed by atoms with Crippen LogP contribution in [0.1, 0.15) is 23.1 Å². The van der Waals surface area contributed by atoms with Crippen molar-refractivity contribution in [3.05, 3.63) is 41.5 Å². The molecular weight excluding hydrogens is 287 g/mol. The van der Waals surface area contributed by atoms with Crippen LogP contribution >= 0.6 is 0 Å². The third kappa shape index (κ3) is 2.71. The Morgan fingerprint density at radius 3 is 2.68 bits per heavy atom. The molecule has 1 amide bonds. The van der Waals surface area contributed by atoms with Gasteiger partial charge in [0.1, 0.15) is 5.82 Å². The number of rotatable bonds is 4. The average molecular weight is 304 g/mol. The van der Waals surface area contributed by atoms with Crippen molar-refractivity contribution in [3.63, 3.8) is 0 Å². The van der Waals surface area contributed by atoms with Gasteiger partial charge in [0.15, 0.2) is 5.69 Å². The molecule has 3 rings (SSSR count). The van der Waals surface area contributed by atoms with Crippen molar-refractivity contribution >= 4 is 5.91 Å². The summed E-state index contributed by atoms with van der Waals surface area (Å²) in [5.41, 5.74) is 1.54. The van der Waals surface area contributed by atoms with Crippen LogP contribution in [0.5, 0.6) is 0 Å². The Bertz CT molecular complexity index is 692. The molecule has 1 aromatic heterocycles. The Hall–Kier alpha value is -2.28. The molecule has 1 aromatic carbocycles. The van der Waals surface area contributed by atoms with Crippen LogP contribution in [0.2, 0.25) is 0 Å². The van der Waals surface area contributed by atoms with Gasteiger partial charge in [0.25, 0.3) is 5.91 Å². The molecule has 1 saturated heterocycles. The minimum atomic E-state index is -0.324. The SMILES string of the molecule is Cc1c(C(=O)NCC2(C)COC2)nnn1-c1ccc(F)cc1. The number of carbonyl (C=O) groups is 1. The van der Waals surface area contributed by atoms with E-state index in [0.717, 1.165) is 0 Å². The lowest BCUT2D eigenvalue weighted by atomic mass is 9.89. The van der Waals surface area contributed by atoms with Crippen LogP contribution < -0.4 is 5.32 Å². The number of hydrogen-bond donors (Lipinski definition) is 1. The van der Waals surface area contributed by atoms with Crippen LogP contribution in [0, 0.1) is 18.2 Å². The zero-order chi connectivity index (χ0) is 15.7. The van der Waals surface area contributed by atoms with E-state index in [9.17, 15) is 9.18 Å². The Morgan fingerprint density at radius 2 is 2.09 bits per heavy atom. The molecular formula is C15H17FN4O2. The fraction of sp³-hybridized carbons (Fsp3) is 0.400. The lowest BCUT2D eigenvalue weighted by molar-refractivity contribution is -0.0978. The third-order valence-electron chi connectivity index (χ3n) is 3.76. The molecule has 0 spiro atoms. The van der Waals surface area contributed by atoms with E-state index in [0.29, 0.717) is 31.1 Å². The zero-order valence-corrected chi connectivity index (χ0v) is 12.5. The van der Waals surface area contributed by atoms with Crippen LogP contribution in [-0.2, 0) is 4.74 Å². The molecule has 2 heterocycles. The van der Waals surface area contributed by atoms with E-state index >= 15 is 0 Å². The van der Waals surface area contributed by atoms with E-state index in [-0.39, 0.29) is 22.8 Å². The Morgan fingerprint density at radius 1 is 1.41 bits per heavy atom. The molecule has 0 bridgehead atoms. The second-order valence-electron chi connectivity index (χ2n) is 5.90. The van der Waals surface area contributed by atoms with E-state index < -0.39 is 0 Å². The fourth-order valence-electron chi connectivity index (χ4n) is 2.30. The first-order valence-electron chi connectivity index (χ1n) is 7.03. The number of ether oxygens (including phenoxy) is 1. The second-order valence-corrected chi connectivity index (χ2v) is 5.90. The summed E-state index contributed by atoms with van der Waals surface area (Å²) in [6, 6.07) is 5.86. The van der Waals surface area contributed by atoms with Crippen LogP contribution in [0.4, 0.5) is 4.39 Å². The summed E-state index contributed by atoms with van der Waals surface area (Å²) < 4.78 is 19.6. The number of amides is 1. The van der Waals surface area contributed by atoms with Crippen molar-refractivity contribution in [1.82, 2.24) is 20.3 Å². The average Bonchev–Trinajstić information content (AvgIpc) is 2.85. The number of nitrogens with one attached hydrogen (secondary N) is 1. The number of aromatic nitrogens is 3. The highest BCUT2D eigenvalue weighted by atomic mass is 19.1. The van der Waals surface area contributed by atoms with Gasteiger partial charge in [-0.2, -0.15) is 0 Å². The largest absolute Gasteiger partial charge is 0.380 e. The van der Waals surface area contributed by atoms with Crippen molar-refractivity contribution in [2.24, 2.45) is 5.41 Å². The van der Waals surface area contributed by atoms with Crippen molar-refractivity contribution in [2.75, 3.05) is 19.8 Å². The molecule has 0 aliphatic carbocycles. The summed E-state index contributed by atoms with van der Waals surface area (Å²) in [6.45, 7) is 5.64. The number of nitrogens with zero attached hydrogens (tertiary/aromatic N) is 3. The summed E-state index contributed by atoms with van der Waals surface area (Å²) >= 11 is 0. The van der Waals surface area contributed by atoms with Crippen molar-refractivity contribution in [2.45, 2.75) is 13.8 Å². The van der Waals surface area contributed by atoms with E-state index in [1.807, 2.05) is 0 Å². The summed E-state index contributed by atoms with van der Waals surface area (Å²) in [7, 11) is 0. The minimum absolute atomic E-state index is 0.00346. The summed E-state index contributed by atoms with van der Waals surface area (Å²) in [4.78, 5) is 12.2. The predicted octanol–water partition coefficient (Wildman–Crippen LogP) is 1.48. The quantitative estimate of drug-likeness (QED) is 0.929. The number of hydrogen-bond acceptors (Lipinski definition) is 4. The summed E-state index contributed by atoms with van der Waals surface area (Å²) in [5, 5.41) is 10.8. The van der Waals surface area contributed by atoms with Crippen LogP contribution in [0.3, 0.4) is 0 Å². The van der Waals surface area contributed by atoms with Crippen LogP contribution in [0.15, 0.2) is 24.3 Å². The maximum Gasteiger partial charge on any atom is 0.273 e. The van der Waals surface area contributed by atoms with Gasteiger partial charge in [-0.15, -0.1) is 5.10 Å². The molecule has 1 fully saturated rings. The highest BCUT2D eigenvalue weighted by Gasteiger charge is 2.34. The maximum atomic E-state index is 13.0. The first-order valence-corrected chi connectivity index (χ1v) is 7.03. The van der Waals surface area contributed by atoms with Crippen LogP contribution in [0.25, 0.3) is 5.69 Å². The molecule has 0 unspecified atom stereocenters. The molecule has 116 valence electrons. The van der Waals surface area contributed by atoms with Gasteiger partial charge in [-0.3, -0.25) is 4.79 Å². The monoisotopic (exact) mass is 304 g/mol. The second kappa shape index (κ2) is 5.49. The summed E-state index contributed by atoms with van der Waals surface area (Å²) in [6.07, 6.45) is 0. The highest BCUT2D eigenvalue weighted by Crippen LogP contribution is 2.25. The van der Waals surface area contributed by atoms with Gasteiger partial charge < -0.3 is 10.1 Å². The Labute approximate surface area is 127 Å². The van der Waals surface area contributed by atoms with Crippen molar-refractivity contribution in [1.29, 1.82) is 0 Å². The smallest absolute Gasteiger partial charge is 0.273 e. The molecule has 1 aliphatic heterocycles. The minimum Gasteiger partial charge on any atom is -0.380 e. The predicted molar refractivity (Wildman–Crippen MR) is 77.3 cm³/mol. The molecule has 1 aliphatic rings. The van der Waals surface area contributed by atoms with Crippen LogP contribution in [-0.4, -0.2) is 40.7 Å². The zero-order valence-electron chi connectivity index (χ0n) is 12.5. The van der Waals surface area contributed by atoms with E-state index in [1.165, 1.54) is 16.8 Å². The molecule has 6 nitrogen and oxygen atoms in total. The molecule has 7 heteroatoms. The van der Waals surface area contributed by atoms with E-state index in [2.05, 4.69) is 22.6 Å². The van der Waals surface area contributed by atoms with Crippen molar-refractivity contribution in [3.8, 4) is 5.69 Å². The van der Waals surface area contributed by atoms with Gasteiger partial charge in [-0.1, -0.05) is 12.1 Å². The summed E-state index contributed by atoms with van der Waals surface area (Å²) in [5.74, 6) is -0.588. The highest BCUT2D eigenvalue weighted by molar-refractivity contribution is 5.93. The van der Waals surface area contributed by atoms with Gasteiger partial charge in [-0.05, 0) is 31.2 Å². The van der Waals surface area contributed by atoms with Gasteiger partial charge in [-0.25, -0.2) is 9.07 Å². The number of benzene rings is 1. The lowest BCUT2D eigenvalue weighted by Crippen LogP contribution is -2.48. The number of halogens is 1. The van der Waals surface area contributed by atoms with Gasteiger partial charge in [0.2, 0.25) is 0 Å². The topological polar surface area (TPSA) is 69.0 Å². The lowest BCUT2D eigenvalue weighted by Gasteiger charge is -2.37. The molecule has 22 heavy (non-hydrogen) atoms. The maximum absolute atomic E-state index is 13.0. The molecule has 0 saturated carbocycles. The third-order valence-corrected chi connectivity index (χ3v) is 3.76. The number of carbonyl (C=O) groups excluding carboxylic acids is 1. The molecule has 1 N–H and O–H groups in total.